The van der Waals surface area contributed by atoms with E-state index in [2.05, 4.69) is 34.4 Å². The normalized spacial score (nSPS) is 14.0. The summed E-state index contributed by atoms with van der Waals surface area (Å²) in [5, 5.41) is 5.46. The number of imide groups is 1. The summed E-state index contributed by atoms with van der Waals surface area (Å²) in [7, 11) is 0. The number of fused-ring (bicyclic) bond motifs is 1. The molecular weight excluding hydrogens is 669 g/mol. The number of amides is 4. The van der Waals surface area contributed by atoms with E-state index in [0.29, 0.717) is 41.2 Å². The van der Waals surface area contributed by atoms with Crippen LogP contribution in [0.1, 0.15) is 85.9 Å². The Labute approximate surface area is 303 Å². The number of alkyl carbamates (subject to hydrolysis) is 1. The molecule has 278 valence electrons. The minimum atomic E-state index is -1.39. The van der Waals surface area contributed by atoms with Gasteiger partial charge in [-0.15, -0.1) is 0 Å². The standard InChI is InChI=1S/C39H48FN5O7/c1-8-44(9-2)20-19-41-35(47)34-24(3)31(42-25(34)4)22-29-28-21-27(40)15-17-32(28)45(36(29)48)37(49)30(16-18-33(46)52-39(5,6)7)43-38(50)51-23-26-13-11-10-12-14-26/h10-15,17,21-22,30,42H,8-9,16,18-20,23H2,1-7H3,(H,41,47)(H,43,50)/b29-22-/t30-/m0/s1. The number of hydrogen-bond acceptors (Lipinski definition) is 8. The van der Waals surface area contributed by atoms with Crippen LogP contribution in [-0.4, -0.2) is 77.5 Å². The minimum Gasteiger partial charge on any atom is -0.460 e. The molecule has 0 radical (unpaired) electrons. The van der Waals surface area contributed by atoms with E-state index in [9.17, 15) is 28.4 Å². The van der Waals surface area contributed by atoms with Crippen molar-refractivity contribution in [3.05, 3.63) is 88.0 Å². The zero-order valence-electron chi connectivity index (χ0n) is 30.9. The van der Waals surface area contributed by atoms with E-state index < -0.39 is 41.3 Å². The fourth-order valence-corrected chi connectivity index (χ4v) is 5.96. The van der Waals surface area contributed by atoms with Gasteiger partial charge in [-0.1, -0.05) is 44.2 Å². The van der Waals surface area contributed by atoms with Gasteiger partial charge in [-0.25, -0.2) is 14.1 Å². The molecule has 0 saturated carbocycles. The van der Waals surface area contributed by atoms with Crippen molar-refractivity contribution in [2.24, 2.45) is 0 Å². The molecule has 4 amide bonds. The molecule has 0 bridgehead atoms. The van der Waals surface area contributed by atoms with Crippen molar-refractivity contribution in [1.82, 2.24) is 20.5 Å². The van der Waals surface area contributed by atoms with Crippen LogP contribution >= 0.6 is 0 Å². The second-order valence-corrected chi connectivity index (χ2v) is 13.5. The number of H-pyrrole nitrogens is 1. The lowest BCUT2D eigenvalue weighted by Crippen LogP contribution is -2.50. The van der Waals surface area contributed by atoms with Crippen molar-refractivity contribution in [3.8, 4) is 0 Å². The van der Waals surface area contributed by atoms with E-state index in [0.717, 1.165) is 30.1 Å². The lowest BCUT2D eigenvalue weighted by Gasteiger charge is -2.24. The molecule has 12 nitrogen and oxygen atoms in total. The number of esters is 1. The van der Waals surface area contributed by atoms with Crippen LogP contribution in [0.15, 0.2) is 48.5 Å². The van der Waals surface area contributed by atoms with Crippen molar-refractivity contribution < 1.29 is 37.8 Å². The van der Waals surface area contributed by atoms with E-state index >= 15 is 0 Å². The van der Waals surface area contributed by atoms with Gasteiger partial charge in [0.1, 0.15) is 24.1 Å². The third-order valence-electron chi connectivity index (χ3n) is 8.60. The van der Waals surface area contributed by atoms with Gasteiger partial charge in [0.15, 0.2) is 0 Å². The van der Waals surface area contributed by atoms with Crippen LogP contribution in [0.25, 0.3) is 11.6 Å². The molecule has 1 atom stereocenters. The number of ether oxygens (including phenoxy) is 2. The van der Waals surface area contributed by atoms with Gasteiger partial charge in [-0.05, 0) is 89.5 Å². The summed E-state index contributed by atoms with van der Waals surface area (Å²) in [6.07, 6.45) is 0.0810. The first-order valence-electron chi connectivity index (χ1n) is 17.4. The van der Waals surface area contributed by atoms with E-state index in [-0.39, 0.29) is 42.2 Å². The second-order valence-electron chi connectivity index (χ2n) is 13.5. The van der Waals surface area contributed by atoms with Crippen LogP contribution in [0.3, 0.4) is 0 Å². The van der Waals surface area contributed by atoms with Crippen LogP contribution in [-0.2, 0) is 30.5 Å². The van der Waals surface area contributed by atoms with Gasteiger partial charge < -0.3 is 30.0 Å². The molecule has 1 aromatic heterocycles. The van der Waals surface area contributed by atoms with E-state index in [1.54, 1.807) is 58.9 Å². The third-order valence-corrected chi connectivity index (χ3v) is 8.60. The van der Waals surface area contributed by atoms with Crippen LogP contribution in [0.4, 0.5) is 14.9 Å². The first-order chi connectivity index (χ1) is 24.6. The van der Waals surface area contributed by atoms with Crippen LogP contribution < -0.4 is 15.5 Å². The summed E-state index contributed by atoms with van der Waals surface area (Å²) in [6.45, 7) is 15.5. The largest absolute Gasteiger partial charge is 0.460 e. The number of carbonyl (C=O) groups excluding carboxylic acids is 5. The summed E-state index contributed by atoms with van der Waals surface area (Å²) in [5.41, 5.74) is 2.16. The van der Waals surface area contributed by atoms with Crippen LogP contribution in [0.5, 0.6) is 0 Å². The fraction of sp³-hybridized carbons (Fsp3) is 0.410. The molecule has 0 aliphatic carbocycles. The van der Waals surface area contributed by atoms with E-state index in [1.165, 1.54) is 12.1 Å². The number of aromatic amines is 1. The minimum absolute atomic E-state index is 0.00163. The third kappa shape index (κ3) is 9.93. The van der Waals surface area contributed by atoms with Gasteiger partial charge in [0.05, 0.1) is 16.8 Å². The average molecular weight is 718 g/mol. The summed E-state index contributed by atoms with van der Waals surface area (Å²) in [4.78, 5) is 73.3. The number of nitrogens with zero attached hydrogens (tertiary/aromatic N) is 2. The van der Waals surface area contributed by atoms with Gasteiger partial charge >= 0.3 is 12.1 Å². The zero-order valence-corrected chi connectivity index (χ0v) is 30.9. The van der Waals surface area contributed by atoms with Gasteiger partial charge in [-0.3, -0.25) is 19.2 Å². The summed E-state index contributed by atoms with van der Waals surface area (Å²) < 4.78 is 25.4. The maximum atomic E-state index is 14.7. The molecule has 3 N–H and O–H groups in total. The highest BCUT2D eigenvalue weighted by Crippen LogP contribution is 2.39. The Morgan fingerprint density at radius 3 is 2.38 bits per heavy atom. The van der Waals surface area contributed by atoms with Gasteiger partial charge in [0, 0.05) is 36.5 Å². The summed E-state index contributed by atoms with van der Waals surface area (Å²) in [6, 6.07) is 11.1. The second kappa shape index (κ2) is 17.3. The Morgan fingerprint density at radius 2 is 1.73 bits per heavy atom. The number of hydrogen-bond donors (Lipinski definition) is 3. The molecule has 2 aromatic carbocycles. The SMILES string of the molecule is CCN(CC)CCNC(=O)c1c(C)[nH]c(/C=C2\C(=O)N(C(=O)[C@H](CCC(=O)OC(C)(C)C)NC(=O)OCc3ccccc3)c3ccc(F)cc32)c1C. The highest BCUT2D eigenvalue weighted by atomic mass is 19.1. The van der Waals surface area contributed by atoms with E-state index in [4.69, 9.17) is 9.47 Å². The first kappa shape index (κ1) is 39.5. The lowest BCUT2D eigenvalue weighted by atomic mass is 10.0. The number of aryl methyl sites for hydroxylation is 1. The quantitative estimate of drug-likeness (QED) is 0.143. The van der Waals surface area contributed by atoms with Crippen molar-refractivity contribution in [1.29, 1.82) is 0 Å². The highest BCUT2D eigenvalue weighted by Gasteiger charge is 2.41. The van der Waals surface area contributed by atoms with Crippen LogP contribution in [0, 0.1) is 19.7 Å². The first-order valence-corrected chi connectivity index (χ1v) is 17.4. The topological polar surface area (TPSA) is 150 Å². The molecule has 0 spiro atoms. The van der Waals surface area contributed by atoms with Crippen molar-refractivity contribution in [2.45, 2.75) is 79.6 Å². The number of nitrogens with one attached hydrogen (secondary N) is 3. The Kier molecular flexibility index (Phi) is 13.1. The predicted molar refractivity (Wildman–Crippen MR) is 196 cm³/mol. The number of carbonyl (C=O) groups is 5. The highest BCUT2D eigenvalue weighted by molar-refractivity contribution is 6.42. The molecule has 2 heterocycles. The molecule has 4 rings (SSSR count). The molecule has 0 unspecified atom stereocenters. The van der Waals surface area contributed by atoms with Gasteiger partial charge in [0.25, 0.3) is 17.7 Å². The monoisotopic (exact) mass is 717 g/mol. The summed E-state index contributed by atoms with van der Waals surface area (Å²) >= 11 is 0. The maximum absolute atomic E-state index is 14.7. The van der Waals surface area contributed by atoms with E-state index in [1.807, 2.05) is 6.07 Å². The number of aromatic nitrogens is 1. The zero-order chi connectivity index (χ0) is 38.2. The van der Waals surface area contributed by atoms with Crippen molar-refractivity contribution >= 4 is 47.1 Å². The predicted octanol–water partition coefficient (Wildman–Crippen LogP) is 5.67. The smallest absolute Gasteiger partial charge is 0.408 e. The Balaban J connectivity index is 1.63. The fourth-order valence-electron chi connectivity index (χ4n) is 5.96. The Morgan fingerprint density at radius 1 is 1.04 bits per heavy atom. The molecule has 3 aromatic rings. The molecule has 13 heteroatoms. The number of rotatable bonds is 14. The molecule has 1 aliphatic heterocycles. The maximum Gasteiger partial charge on any atom is 0.408 e. The average Bonchev–Trinajstić information content (AvgIpc) is 3.53. The van der Waals surface area contributed by atoms with Crippen LogP contribution in [0.2, 0.25) is 0 Å². The molecule has 0 saturated heterocycles. The van der Waals surface area contributed by atoms with Crippen molar-refractivity contribution in [3.63, 3.8) is 0 Å². The lowest BCUT2D eigenvalue weighted by molar-refractivity contribution is -0.155. The van der Waals surface area contributed by atoms with Gasteiger partial charge in [0.2, 0.25) is 0 Å². The molecule has 52 heavy (non-hydrogen) atoms. The van der Waals surface area contributed by atoms with Gasteiger partial charge in [-0.2, -0.15) is 0 Å². The Hall–Kier alpha value is -5.30. The summed E-state index contributed by atoms with van der Waals surface area (Å²) in [5.74, 6) is -3.14. The molecular formula is C39H48FN5O7. The molecule has 0 fully saturated rings. The number of halogens is 1. The number of benzene rings is 2. The Bertz CT molecular complexity index is 1830. The van der Waals surface area contributed by atoms with Crippen molar-refractivity contribution in [2.75, 3.05) is 31.1 Å². The number of likely N-dealkylation sites (N-methyl/N-ethyl adjacent to an activating group) is 1. The number of anilines is 1. The molecule has 1 aliphatic rings.